The average molecular weight is 236 g/mol. The molecule has 0 aliphatic heterocycles. The molecule has 3 rings (SSSR count). The van der Waals surface area contributed by atoms with Crippen LogP contribution in [-0.4, -0.2) is 10.2 Å². The lowest BCUT2D eigenvalue weighted by Crippen LogP contribution is -1.89. The Labute approximate surface area is 104 Å². The van der Waals surface area contributed by atoms with Crippen molar-refractivity contribution in [1.29, 1.82) is 0 Å². The summed E-state index contributed by atoms with van der Waals surface area (Å²) in [5.74, 6) is -0.108. The molecule has 0 atom stereocenters. The molecule has 0 aromatic heterocycles. The van der Waals surface area contributed by atoms with Crippen LogP contribution >= 0.6 is 0 Å². The van der Waals surface area contributed by atoms with Gasteiger partial charge in [-0.15, -0.1) is 0 Å². The highest BCUT2D eigenvalue weighted by Crippen LogP contribution is 2.32. The summed E-state index contributed by atoms with van der Waals surface area (Å²) in [6.45, 7) is 0. The van der Waals surface area contributed by atoms with Gasteiger partial charge in [0.25, 0.3) is 0 Å². The summed E-state index contributed by atoms with van der Waals surface area (Å²) in [5, 5.41) is 23.0. The van der Waals surface area contributed by atoms with Crippen molar-refractivity contribution in [3.8, 4) is 0 Å². The zero-order chi connectivity index (χ0) is 12.5. The van der Waals surface area contributed by atoms with E-state index in [0.29, 0.717) is 5.56 Å². The quantitative estimate of drug-likeness (QED) is 0.485. The molecule has 3 aromatic rings. The van der Waals surface area contributed by atoms with E-state index in [2.05, 4.69) is 6.07 Å². The lowest BCUT2D eigenvalue weighted by atomic mass is 9.96. The van der Waals surface area contributed by atoms with Crippen molar-refractivity contribution in [1.82, 2.24) is 0 Å². The van der Waals surface area contributed by atoms with Crippen molar-refractivity contribution < 1.29 is 10.2 Å². The van der Waals surface area contributed by atoms with Crippen LogP contribution in [-0.2, 0) is 0 Å². The normalized spacial score (nSPS) is 12.1. The molecule has 0 fully saturated rings. The van der Waals surface area contributed by atoms with E-state index in [1.165, 1.54) is 0 Å². The number of aliphatic hydroxyl groups is 2. The van der Waals surface area contributed by atoms with Crippen LogP contribution in [0.3, 0.4) is 0 Å². The summed E-state index contributed by atoms with van der Waals surface area (Å²) < 4.78 is 0. The molecule has 3 aromatic carbocycles. The first-order valence-corrected chi connectivity index (χ1v) is 5.75. The van der Waals surface area contributed by atoms with Crippen molar-refractivity contribution in [2.45, 2.75) is 0 Å². The summed E-state index contributed by atoms with van der Waals surface area (Å²) in [6, 6.07) is 17.7. The van der Waals surface area contributed by atoms with Crippen LogP contribution in [0.5, 0.6) is 0 Å². The summed E-state index contributed by atoms with van der Waals surface area (Å²) in [6.07, 6.45) is 0.744. The van der Waals surface area contributed by atoms with Gasteiger partial charge in [-0.05, 0) is 27.6 Å². The second kappa shape index (κ2) is 4.08. The molecule has 2 heteroatoms. The Morgan fingerprint density at radius 3 is 1.83 bits per heavy atom. The molecule has 0 spiro atoms. The van der Waals surface area contributed by atoms with Crippen LogP contribution in [0.15, 0.2) is 60.9 Å². The van der Waals surface area contributed by atoms with Crippen LogP contribution in [0.2, 0.25) is 0 Å². The van der Waals surface area contributed by atoms with Gasteiger partial charge in [-0.1, -0.05) is 48.5 Å². The van der Waals surface area contributed by atoms with E-state index in [-0.39, 0.29) is 5.76 Å². The first kappa shape index (κ1) is 10.7. The van der Waals surface area contributed by atoms with E-state index in [1.54, 1.807) is 0 Å². The standard InChI is InChI=1S/C16H12O2/c17-10-15(18)16-13-7-3-1-5-11(13)9-12-6-2-4-8-14(12)16/h1-10,17-18H/b15-10+. The predicted molar refractivity (Wildman–Crippen MR) is 74.7 cm³/mol. The maximum Gasteiger partial charge on any atom is 0.158 e. The first-order chi connectivity index (χ1) is 8.81. The van der Waals surface area contributed by atoms with Crippen molar-refractivity contribution >= 4 is 27.3 Å². The maximum absolute atomic E-state index is 9.94. The predicted octanol–water partition coefficient (Wildman–Crippen LogP) is 4.41. The van der Waals surface area contributed by atoms with Gasteiger partial charge in [-0.25, -0.2) is 0 Å². The zero-order valence-corrected chi connectivity index (χ0v) is 9.67. The molecule has 18 heavy (non-hydrogen) atoms. The molecule has 0 heterocycles. The molecular weight excluding hydrogens is 224 g/mol. The van der Waals surface area contributed by atoms with Crippen LogP contribution in [0.1, 0.15) is 5.56 Å². The SMILES string of the molecule is O/C=C(/O)c1c2ccccc2cc2ccccc12. The smallest absolute Gasteiger partial charge is 0.158 e. The number of benzene rings is 3. The number of hydrogen-bond donors (Lipinski definition) is 2. The van der Waals surface area contributed by atoms with E-state index < -0.39 is 0 Å². The molecule has 0 aliphatic carbocycles. The van der Waals surface area contributed by atoms with E-state index in [4.69, 9.17) is 5.11 Å². The fraction of sp³-hybridized carbons (Fsp3) is 0. The van der Waals surface area contributed by atoms with Gasteiger partial charge in [-0.2, -0.15) is 0 Å². The van der Waals surface area contributed by atoms with E-state index in [1.807, 2.05) is 48.5 Å². The number of rotatable bonds is 1. The van der Waals surface area contributed by atoms with E-state index >= 15 is 0 Å². The van der Waals surface area contributed by atoms with E-state index in [0.717, 1.165) is 27.8 Å². The molecule has 0 unspecified atom stereocenters. The van der Waals surface area contributed by atoms with Gasteiger partial charge in [0, 0.05) is 5.56 Å². The fourth-order valence-corrected chi connectivity index (χ4v) is 2.35. The molecule has 0 saturated carbocycles. The molecule has 0 saturated heterocycles. The Balaban J connectivity index is 2.58. The average Bonchev–Trinajstić information content (AvgIpc) is 2.44. The summed E-state index contributed by atoms with van der Waals surface area (Å²) in [5.41, 5.74) is 0.672. The van der Waals surface area contributed by atoms with Crippen LogP contribution in [0.25, 0.3) is 27.3 Å². The van der Waals surface area contributed by atoms with Crippen molar-refractivity contribution in [2.75, 3.05) is 0 Å². The minimum Gasteiger partial charge on any atom is -0.512 e. The Morgan fingerprint density at radius 2 is 1.33 bits per heavy atom. The van der Waals surface area contributed by atoms with E-state index in [9.17, 15) is 5.11 Å². The van der Waals surface area contributed by atoms with Gasteiger partial charge < -0.3 is 10.2 Å². The third-order valence-corrected chi connectivity index (χ3v) is 3.15. The molecule has 88 valence electrons. The van der Waals surface area contributed by atoms with Gasteiger partial charge in [0.1, 0.15) is 6.26 Å². The first-order valence-electron chi connectivity index (χ1n) is 5.75. The Hall–Kier alpha value is -2.48. The summed E-state index contributed by atoms with van der Waals surface area (Å²) >= 11 is 0. The number of fused-ring (bicyclic) bond motifs is 2. The maximum atomic E-state index is 9.94. The monoisotopic (exact) mass is 236 g/mol. The third kappa shape index (κ3) is 1.51. The summed E-state index contributed by atoms with van der Waals surface area (Å²) in [7, 11) is 0. The lowest BCUT2D eigenvalue weighted by molar-refractivity contribution is 0.432. The summed E-state index contributed by atoms with van der Waals surface area (Å²) in [4.78, 5) is 0. The molecule has 0 amide bonds. The molecular formula is C16H12O2. The minimum absolute atomic E-state index is 0.108. The Kier molecular flexibility index (Phi) is 2.41. The van der Waals surface area contributed by atoms with Crippen molar-refractivity contribution in [2.24, 2.45) is 0 Å². The van der Waals surface area contributed by atoms with Crippen LogP contribution in [0, 0.1) is 0 Å². The van der Waals surface area contributed by atoms with Gasteiger partial charge in [0.15, 0.2) is 5.76 Å². The largest absolute Gasteiger partial charge is 0.512 e. The number of aliphatic hydroxyl groups excluding tert-OH is 2. The molecule has 0 aliphatic rings. The van der Waals surface area contributed by atoms with Crippen LogP contribution in [0.4, 0.5) is 0 Å². The molecule has 2 nitrogen and oxygen atoms in total. The third-order valence-electron chi connectivity index (χ3n) is 3.15. The second-order valence-corrected chi connectivity index (χ2v) is 4.21. The fourth-order valence-electron chi connectivity index (χ4n) is 2.35. The second-order valence-electron chi connectivity index (χ2n) is 4.21. The van der Waals surface area contributed by atoms with Crippen molar-refractivity contribution in [3.63, 3.8) is 0 Å². The Morgan fingerprint density at radius 1 is 0.833 bits per heavy atom. The van der Waals surface area contributed by atoms with Crippen molar-refractivity contribution in [3.05, 3.63) is 66.4 Å². The van der Waals surface area contributed by atoms with Crippen LogP contribution < -0.4 is 0 Å². The minimum atomic E-state index is -0.108. The Bertz CT molecular complexity index is 703. The molecule has 2 N–H and O–H groups in total. The highest BCUT2D eigenvalue weighted by atomic mass is 16.3. The molecule has 0 bridgehead atoms. The highest BCUT2D eigenvalue weighted by Gasteiger charge is 2.10. The zero-order valence-electron chi connectivity index (χ0n) is 9.67. The number of hydrogen-bond acceptors (Lipinski definition) is 2. The van der Waals surface area contributed by atoms with Gasteiger partial charge in [0.2, 0.25) is 0 Å². The highest BCUT2D eigenvalue weighted by molar-refractivity contribution is 6.07. The topological polar surface area (TPSA) is 40.5 Å². The van der Waals surface area contributed by atoms with Gasteiger partial charge in [-0.3, -0.25) is 0 Å². The van der Waals surface area contributed by atoms with Gasteiger partial charge in [0.05, 0.1) is 0 Å². The lowest BCUT2D eigenvalue weighted by Gasteiger charge is -2.10. The molecule has 0 radical (unpaired) electrons. The van der Waals surface area contributed by atoms with Gasteiger partial charge >= 0.3 is 0 Å².